The van der Waals surface area contributed by atoms with Gasteiger partial charge in [-0.3, -0.25) is 9.63 Å². The predicted molar refractivity (Wildman–Crippen MR) is 70.2 cm³/mol. The zero-order chi connectivity index (χ0) is 13.9. The standard InChI is InChI=1S/C11H15Cl2NO4S/c12-4-11(5-13)8-1-2-10(11,9(15)3-8)6-19(16,17)14-7-18-14/h8H,1-7H2. The third kappa shape index (κ3) is 1.73. The minimum Gasteiger partial charge on any atom is -0.299 e. The van der Waals surface area contributed by atoms with Crippen molar-refractivity contribution in [3.05, 3.63) is 0 Å². The van der Waals surface area contributed by atoms with Crippen molar-refractivity contribution in [2.45, 2.75) is 19.3 Å². The van der Waals surface area contributed by atoms with Crippen LogP contribution in [0, 0.1) is 16.7 Å². The topological polar surface area (TPSA) is 66.8 Å². The molecule has 1 aliphatic heterocycles. The smallest absolute Gasteiger partial charge is 0.239 e. The third-order valence-corrected chi connectivity index (χ3v) is 7.71. The van der Waals surface area contributed by atoms with Gasteiger partial charge in [-0.2, -0.15) is 0 Å². The number of Topliss-reactive ketones (excluding diaryl/α,β-unsaturated/α-hetero) is 1. The molecule has 19 heavy (non-hydrogen) atoms. The second kappa shape index (κ2) is 4.31. The number of hydroxylamine groups is 1. The molecule has 0 aromatic rings. The molecule has 8 heteroatoms. The fourth-order valence-corrected chi connectivity index (χ4v) is 6.81. The van der Waals surface area contributed by atoms with Gasteiger partial charge in [0, 0.05) is 23.6 Å². The summed E-state index contributed by atoms with van der Waals surface area (Å²) in [6, 6.07) is 0. The van der Waals surface area contributed by atoms with Gasteiger partial charge in [0.15, 0.2) is 6.73 Å². The first-order valence-corrected chi connectivity index (χ1v) is 8.88. The van der Waals surface area contributed by atoms with E-state index >= 15 is 0 Å². The molecule has 1 heterocycles. The molecule has 0 spiro atoms. The monoisotopic (exact) mass is 327 g/mol. The molecule has 0 radical (unpaired) electrons. The third-order valence-electron chi connectivity index (χ3n) is 5.07. The van der Waals surface area contributed by atoms with Crippen LogP contribution in [-0.4, -0.2) is 42.9 Å². The summed E-state index contributed by atoms with van der Waals surface area (Å²) in [7, 11) is -3.57. The van der Waals surface area contributed by atoms with Crippen molar-refractivity contribution in [3.63, 3.8) is 0 Å². The molecule has 108 valence electrons. The molecule has 2 saturated carbocycles. The summed E-state index contributed by atoms with van der Waals surface area (Å²) >= 11 is 12.2. The van der Waals surface area contributed by atoms with Gasteiger partial charge in [0.25, 0.3) is 0 Å². The van der Waals surface area contributed by atoms with Gasteiger partial charge >= 0.3 is 0 Å². The number of hydrogen-bond acceptors (Lipinski definition) is 4. The number of carbonyl (C=O) groups is 1. The predicted octanol–water partition coefficient (Wildman–Crippen LogP) is 1.35. The molecule has 3 fully saturated rings. The number of halogens is 2. The second-order valence-electron chi connectivity index (χ2n) is 5.69. The van der Waals surface area contributed by atoms with E-state index in [0.717, 1.165) is 10.9 Å². The van der Waals surface area contributed by atoms with Gasteiger partial charge in [-0.1, -0.05) is 4.47 Å². The Morgan fingerprint density at radius 2 is 2.00 bits per heavy atom. The van der Waals surface area contributed by atoms with Crippen LogP contribution < -0.4 is 0 Å². The Hall–Kier alpha value is 0.120. The van der Waals surface area contributed by atoms with Crippen LogP contribution in [0.15, 0.2) is 0 Å². The number of alkyl halides is 2. The van der Waals surface area contributed by atoms with Gasteiger partial charge in [-0.05, 0) is 18.8 Å². The molecule has 3 aliphatic rings. The van der Waals surface area contributed by atoms with E-state index < -0.39 is 20.9 Å². The summed E-state index contributed by atoms with van der Waals surface area (Å²) in [5.74, 6) is 0.331. The van der Waals surface area contributed by atoms with Crippen molar-refractivity contribution in [2.24, 2.45) is 16.7 Å². The van der Waals surface area contributed by atoms with Crippen LogP contribution in [0.4, 0.5) is 0 Å². The SMILES string of the molecule is O=C1CC2CCC1(CS(=O)(=O)N1CO1)C2(CCl)CCl. The van der Waals surface area contributed by atoms with Crippen LogP contribution in [-0.2, 0) is 19.7 Å². The van der Waals surface area contributed by atoms with E-state index in [1.165, 1.54) is 0 Å². The highest BCUT2D eigenvalue weighted by Gasteiger charge is 2.69. The molecule has 2 bridgehead atoms. The number of rotatable bonds is 5. The molecule has 0 aromatic carbocycles. The summed E-state index contributed by atoms with van der Waals surface area (Å²) in [4.78, 5) is 17.1. The lowest BCUT2D eigenvalue weighted by Crippen LogP contribution is -2.48. The largest absolute Gasteiger partial charge is 0.299 e. The van der Waals surface area contributed by atoms with E-state index in [9.17, 15) is 13.2 Å². The van der Waals surface area contributed by atoms with E-state index in [1.54, 1.807) is 0 Å². The number of fused-ring (bicyclic) bond motifs is 2. The van der Waals surface area contributed by atoms with Gasteiger partial charge in [-0.15, -0.1) is 23.2 Å². The van der Waals surface area contributed by atoms with Crippen LogP contribution in [0.5, 0.6) is 0 Å². The average molecular weight is 328 g/mol. The lowest BCUT2D eigenvalue weighted by atomic mass is 9.70. The van der Waals surface area contributed by atoms with E-state index in [4.69, 9.17) is 28.0 Å². The van der Waals surface area contributed by atoms with Crippen LogP contribution >= 0.6 is 23.2 Å². The van der Waals surface area contributed by atoms with Gasteiger partial charge < -0.3 is 0 Å². The van der Waals surface area contributed by atoms with Crippen LogP contribution in [0.3, 0.4) is 0 Å². The quantitative estimate of drug-likeness (QED) is 0.564. The highest BCUT2D eigenvalue weighted by atomic mass is 35.5. The molecule has 3 rings (SSSR count). The highest BCUT2D eigenvalue weighted by molar-refractivity contribution is 7.89. The number of ketones is 1. The normalized spacial score (nSPS) is 39.8. The number of sulfonamides is 1. The van der Waals surface area contributed by atoms with Crippen LogP contribution in [0.1, 0.15) is 19.3 Å². The summed E-state index contributed by atoms with van der Waals surface area (Å²) in [6.45, 7) is 0.0742. The summed E-state index contributed by atoms with van der Waals surface area (Å²) in [5.41, 5.74) is -1.51. The van der Waals surface area contributed by atoms with Crippen LogP contribution in [0.2, 0.25) is 0 Å². The number of nitrogens with zero attached hydrogens (tertiary/aromatic N) is 1. The Morgan fingerprint density at radius 3 is 2.47 bits per heavy atom. The second-order valence-corrected chi connectivity index (χ2v) is 8.08. The van der Waals surface area contributed by atoms with E-state index in [1.807, 2.05) is 0 Å². The molecule has 0 amide bonds. The Balaban J connectivity index is 2.01. The first-order chi connectivity index (χ1) is 8.92. The van der Waals surface area contributed by atoms with Crippen molar-refractivity contribution < 1.29 is 18.0 Å². The zero-order valence-corrected chi connectivity index (χ0v) is 12.6. The minimum absolute atomic E-state index is 0.00419. The maximum absolute atomic E-state index is 12.4. The fourth-order valence-electron chi connectivity index (χ4n) is 3.84. The van der Waals surface area contributed by atoms with E-state index in [-0.39, 0.29) is 35.9 Å². The lowest BCUT2D eigenvalue weighted by molar-refractivity contribution is -0.127. The molecule has 0 aromatic heterocycles. The minimum atomic E-state index is -3.57. The Bertz CT molecular complexity index is 515. The van der Waals surface area contributed by atoms with Crippen LogP contribution in [0.25, 0.3) is 0 Å². The molecule has 2 aliphatic carbocycles. The lowest BCUT2D eigenvalue weighted by Gasteiger charge is -2.39. The van der Waals surface area contributed by atoms with Gasteiger partial charge in [-0.25, -0.2) is 8.42 Å². The summed E-state index contributed by atoms with van der Waals surface area (Å²) < 4.78 is 25.2. The van der Waals surface area contributed by atoms with Crippen molar-refractivity contribution in [2.75, 3.05) is 24.2 Å². The molecule has 1 saturated heterocycles. The molecular weight excluding hydrogens is 313 g/mol. The van der Waals surface area contributed by atoms with Gasteiger partial charge in [0.05, 0.1) is 11.2 Å². The maximum atomic E-state index is 12.4. The highest BCUT2D eigenvalue weighted by Crippen LogP contribution is 2.65. The van der Waals surface area contributed by atoms with Crippen molar-refractivity contribution in [1.29, 1.82) is 0 Å². The molecule has 5 nitrogen and oxygen atoms in total. The average Bonchev–Trinajstić information content (AvgIpc) is 3.14. The summed E-state index contributed by atoms with van der Waals surface area (Å²) in [6.07, 6.45) is 1.78. The first kappa shape index (κ1) is 14.1. The van der Waals surface area contributed by atoms with E-state index in [0.29, 0.717) is 12.8 Å². The Morgan fingerprint density at radius 1 is 1.37 bits per heavy atom. The number of carbonyl (C=O) groups excluding carboxylic acids is 1. The molecule has 3 unspecified atom stereocenters. The fraction of sp³-hybridized carbons (Fsp3) is 0.909. The summed E-state index contributed by atoms with van der Waals surface area (Å²) in [5, 5.41) is 0. The van der Waals surface area contributed by atoms with Gasteiger partial charge in [0.1, 0.15) is 5.78 Å². The van der Waals surface area contributed by atoms with Crippen molar-refractivity contribution >= 4 is 39.0 Å². The Kier molecular flexibility index (Phi) is 3.19. The van der Waals surface area contributed by atoms with Gasteiger partial charge in [0.2, 0.25) is 10.0 Å². The molecule has 3 atom stereocenters. The van der Waals surface area contributed by atoms with Crippen molar-refractivity contribution in [3.8, 4) is 0 Å². The first-order valence-electron chi connectivity index (χ1n) is 6.20. The maximum Gasteiger partial charge on any atom is 0.239 e. The van der Waals surface area contributed by atoms with E-state index in [2.05, 4.69) is 0 Å². The van der Waals surface area contributed by atoms with Crippen molar-refractivity contribution in [1.82, 2.24) is 4.47 Å². The zero-order valence-electron chi connectivity index (χ0n) is 10.3. The molecular formula is C11H15Cl2NO4S. The number of hydrogen-bond donors (Lipinski definition) is 0. The Labute approximate surface area is 122 Å². The molecule has 0 N–H and O–H groups in total.